The third-order valence-electron chi connectivity index (χ3n) is 22.8. The summed E-state index contributed by atoms with van der Waals surface area (Å²) in [5, 5.41) is 56.4. The van der Waals surface area contributed by atoms with E-state index in [0.29, 0.717) is 10.8 Å². The molecule has 726 valence electrons. The van der Waals surface area contributed by atoms with Crippen LogP contribution in [0.1, 0.15) is 37.4 Å². The number of aromatic amines is 3. The highest BCUT2D eigenvalue weighted by molar-refractivity contribution is 7.48. The standard InChI is InChI=1S/C22H26N8O13P2.C21H27N11O12P2.C21H24N8O13P2/c23-16-8-1-3-29(17(8)26-7-25-16)20-13(32)14-11(41-20)6-39-45(36,37)43-15-12(31)10(5-38-44(34,35)42-14)40-21(15)30-4-2-9-18(30)27-22(24)28-19(9)33;22-1-7-8-2-39-46(37,38)44-14-9(42-19(12(14)33)31-5-27-10-15(23)25-4-26-16(10)31)3-40-45(35,36)43-13(7)20(41-8)32-6-28-11-17(32)29-21(24)30-18(11)34;22-16-8-1-2-28(17(8)24-5-23-16)20-13(31)14-10(40-20)4-38-44(35,36)42-15-12(30)9(3-37-43(33,34)41-14)39-21(15)29-7-27-11-18(29)25-6-26-19(11)32/h1-4,7,10-15,20-21,31-32H,5-6H2,(H,34,35)(H,36,37)(H2,23,25,26)(H3,24,27,28,33);4-9,12-14,19-20,33H,1-3,22H2,(H,35,36)(H,37,38)(H2,23,25,26)(H3,24,29,30,34);1-2,5-7,9-10,12-15,20-21,30-31H,3-4H2,(H,33,34)(H,35,36)(H2,22,23,24)(H,25,26,32)/t10-,11-,12-,13-,14-,15-,20-,21-;7-,8-,9-,12-,13-,14-,19-,20-;9-,10-,12-,13-,14-,15-,20-,21-/m111/s1. The Hall–Kier alpha value is -9.91. The number of nitrogens with one attached hydrogen (secondary N) is 3. The molecule has 12 aromatic heterocycles. The van der Waals surface area contributed by atoms with E-state index < -0.39 is 250 Å². The lowest BCUT2D eigenvalue weighted by atomic mass is 9.99. The quantitative estimate of drug-likeness (QED) is 0.0668. The maximum absolute atomic E-state index is 13.4. The van der Waals surface area contributed by atoms with Gasteiger partial charge in [0.2, 0.25) is 11.9 Å². The van der Waals surface area contributed by atoms with Gasteiger partial charge >= 0.3 is 46.9 Å². The molecular formula is C64H77N27O38P6. The van der Waals surface area contributed by atoms with E-state index in [1.54, 1.807) is 12.1 Å². The predicted octanol–water partition coefficient (Wildman–Crippen LogP) is -4.58. The van der Waals surface area contributed by atoms with Gasteiger partial charge in [-0.1, -0.05) is 0 Å². The van der Waals surface area contributed by atoms with Crippen molar-refractivity contribution < 1.29 is 165 Å². The first kappa shape index (κ1) is 94.1. The van der Waals surface area contributed by atoms with E-state index in [2.05, 4.69) is 74.8 Å². The fourth-order valence-electron chi connectivity index (χ4n) is 16.6. The number of aliphatic hydroxyl groups is 5. The summed E-state index contributed by atoms with van der Waals surface area (Å²) in [5.41, 5.74) is 33.8. The van der Waals surface area contributed by atoms with Crippen LogP contribution in [0.4, 0.5) is 29.4 Å². The first-order chi connectivity index (χ1) is 64.1. The molecule has 9 aliphatic heterocycles. The molecule has 21 heterocycles. The molecule has 26 N–H and O–H groups in total. The van der Waals surface area contributed by atoms with E-state index in [0.717, 1.165) is 19.0 Å². The largest absolute Gasteiger partial charge is 0.472 e. The second-order valence-corrected chi connectivity index (χ2v) is 39.4. The number of nitrogens with two attached hydrogens (primary N) is 6. The number of hydrogen-bond acceptors (Lipinski definition) is 50. The second kappa shape index (κ2) is 35.8. The lowest BCUT2D eigenvalue weighted by Gasteiger charge is -2.26. The van der Waals surface area contributed by atoms with Gasteiger partial charge in [-0.25, -0.2) is 77.2 Å². The Labute approximate surface area is 746 Å². The highest BCUT2D eigenvalue weighted by atomic mass is 31.2. The first-order valence-electron chi connectivity index (χ1n) is 39.6. The number of H-pyrrole nitrogens is 3. The van der Waals surface area contributed by atoms with Crippen LogP contribution in [-0.2, 0) is 110 Å². The molecule has 9 saturated heterocycles. The monoisotopic (exact) mass is 2020 g/mol. The fourth-order valence-corrected chi connectivity index (χ4v) is 22.3. The van der Waals surface area contributed by atoms with Crippen molar-refractivity contribution in [1.29, 1.82) is 0 Å². The number of aliphatic hydroxyl groups excluding tert-OH is 5. The van der Waals surface area contributed by atoms with Gasteiger partial charge < -0.3 is 136 Å². The molecule has 30 atom stereocenters. The minimum atomic E-state index is -5.08. The van der Waals surface area contributed by atoms with Crippen molar-refractivity contribution in [3.05, 3.63) is 112 Å². The molecule has 21 rings (SSSR count). The van der Waals surface area contributed by atoms with E-state index >= 15 is 0 Å². The van der Waals surface area contributed by atoms with Crippen molar-refractivity contribution in [1.82, 2.24) is 102 Å². The number of anilines is 5. The van der Waals surface area contributed by atoms with E-state index in [-0.39, 0.29) is 91.7 Å². The van der Waals surface area contributed by atoms with Gasteiger partial charge in [0.1, 0.15) is 145 Å². The topological polar surface area (TPSA) is 930 Å². The Balaban J connectivity index is 0.000000130. The maximum Gasteiger partial charge on any atom is 0.472 e. The van der Waals surface area contributed by atoms with Gasteiger partial charge in [-0.2, -0.15) is 9.97 Å². The van der Waals surface area contributed by atoms with Crippen LogP contribution in [0.15, 0.2) is 95.5 Å². The van der Waals surface area contributed by atoms with Crippen molar-refractivity contribution in [3.8, 4) is 0 Å². The van der Waals surface area contributed by atoms with Crippen molar-refractivity contribution in [2.45, 2.75) is 141 Å². The number of fused-ring (bicyclic) bond motifs is 15. The highest BCUT2D eigenvalue weighted by Gasteiger charge is 2.59. The summed E-state index contributed by atoms with van der Waals surface area (Å²) in [6.07, 6.45) is -22.0. The van der Waals surface area contributed by atoms with E-state index in [9.17, 15) is 96.7 Å². The van der Waals surface area contributed by atoms with Gasteiger partial charge in [0.25, 0.3) is 16.7 Å². The number of phosphoric ester groups is 6. The van der Waals surface area contributed by atoms with Crippen LogP contribution in [0.25, 0.3) is 66.6 Å². The molecule has 135 heavy (non-hydrogen) atoms. The van der Waals surface area contributed by atoms with Crippen LogP contribution in [0.3, 0.4) is 0 Å². The molecule has 12 aromatic rings. The number of nitrogens with zero attached hydrogens (tertiary/aromatic N) is 18. The molecule has 9 aliphatic rings. The Morgan fingerprint density at radius 2 is 0.674 bits per heavy atom. The number of aromatic nitrogens is 21. The number of phosphoric acid groups is 6. The van der Waals surface area contributed by atoms with Gasteiger partial charge in [-0.15, -0.1) is 0 Å². The number of hydrogen-bond donors (Lipinski definition) is 20. The smallest absolute Gasteiger partial charge is 0.387 e. The molecule has 0 saturated carbocycles. The summed E-state index contributed by atoms with van der Waals surface area (Å²) in [4.78, 5) is 156. The first-order valence-corrected chi connectivity index (χ1v) is 48.6. The summed E-state index contributed by atoms with van der Waals surface area (Å²) in [6.45, 7) is -4.81. The number of imidazole rings is 3. The number of nitrogen functional groups attached to an aromatic ring is 5. The summed E-state index contributed by atoms with van der Waals surface area (Å²) in [6, 6.07) is 4.50. The summed E-state index contributed by atoms with van der Waals surface area (Å²) in [5.74, 6) is -1.08. The predicted molar refractivity (Wildman–Crippen MR) is 439 cm³/mol. The summed E-state index contributed by atoms with van der Waals surface area (Å²) in [7, 11) is -30.2. The zero-order valence-corrected chi connectivity index (χ0v) is 73.3. The normalized spacial score (nSPS) is 37.7. The molecule has 0 aliphatic carbocycles. The van der Waals surface area contributed by atoms with Crippen LogP contribution in [0.5, 0.6) is 0 Å². The van der Waals surface area contributed by atoms with Crippen LogP contribution >= 0.6 is 46.9 Å². The molecule has 0 amide bonds. The molecule has 0 aromatic carbocycles. The molecule has 71 heteroatoms. The van der Waals surface area contributed by atoms with Crippen LogP contribution in [-0.4, -0.2) is 307 Å². The molecule has 65 nitrogen and oxygen atoms in total. The molecule has 0 radical (unpaired) electrons. The van der Waals surface area contributed by atoms with Gasteiger partial charge in [0, 0.05) is 31.1 Å². The zero-order chi connectivity index (χ0) is 95.3. The Morgan fingerprint density at radius 1 is 0.341 bits per heavy atom. The van der Waals surface area contributed by atoms with Gasteiger partial charge in [0.05, 0.1) is 87.2 Å². The minimum Gasteiger partial charge on any atom is -0.387 e. The Bertz CT molecular complexity index is 7070. The van der Waals surface area contributed by atoms with Crippen molar-refractivity contribution >= 4 is 143 Å². The SMILES string of the molecule is NC[C@H]1[C@H]2OP(=O)(O)OC[C@H]3O[C@@H](n4cnc5c(N)ncnc54)[C@H](O)[C@@H]3OP(=O)(O)OC[C@H]1O[C@H]2n1cnc2c(=O)[nH]c(N)nc21.Nc1nc2c(ccn2[C@@H]2O[C@@H]3COP(=O)(O)O[C@H]4[C@@H](O)[C@H](n5ccc6c(N)ncnc65)O[C@@H]4COP(=O)(O)O[C@@H]2[C@@H]3O)c(=O)[nH]1.Nc1ncnc2c1ccn2[C@@H]1O[C@@H]2COP(=O)(O)O[C@@H]3[C@H](O)[C@@H](COP(=O)(O)O[C@H]2[C@H]1O)O[C@H]3n1cnc2c(=O)[nH]cnc21. The van der Waals surface area contributed by atoms with Crippen LogP contribution in [0.2, 0.25) is 0 Å². The Morgan fingerprint density at radius 3 is 1.15 bits per heavy atom. The van der Waals surface area contributed by atoms with Gasteiger partial charge in [0.15, 0.2) is 76.8 Å². The molecule has 0 spiro atoms. The second-order valence-electron chi connectivity index (χ2n) is 31.0. The van der Waals surface area contributed by atoms with Crippen molar-refractivity contribution in [2.24, 2.45) is 11.7 Å². The lowest BCUT2D eigenvalue weighted by Crippen LogP contribution is -2.36. The van der Waals surface area contributed by atoms with Gasteiger partial charge in [-0.05, 0) is 18.2 Å². The fraction of sp³-hybridized carbons (Fsp3) is 0.484. The van der Waals surface area contributed by atoms with E-state index in [4.69, 9.17) is 117 Å². The number of rotatable bonds is 7. The third kappa shape index (κ3) is 18.1. The average Bonchev–Trinajstić information content (AvgIpc) is 1.61. The number of ether oxygens (including phenoxy) is 6. The van der Waals surface area contributed by atoms with Crippen molar-refractivity contribution in [3.63, 3.8) is 0 Å². The molecule has 6 bridgehead atoms. The molecule has 9 fully saturated rings. The Kier molecular flexibility index (Phi) is 25.0. The van der Waals surface area contributed by atoms with Crippen LogP contribution < -0.4 is 51.1 Å². The third-order valence-corrected chi connectivity index (χ3v) is 28.7. The van der Waals surface area contributed by atoms with Gasteiger partial charge in [-0.3, -0.25) is 92.3 Å². The minimum absolute atomic E-state index is 0.0126. The van der Waals surface area contributed by atoms with Crippen LogP contribution in [0, 0.1) is 5.92 Å². The average molecular weight is 2020 g/mol. The summed E-state index contributed by atoms with van der Waals surface area (Å²) < 4.78 is 185. The zero-order valence-electron chi connectivity index (χ0n) is 68.0. The highest BCUT2D eigenvalue weighted by Crippen LogP contribution is 2.59. The lowest BCUT2D eigenvalue weighted by molar-refractivity contribution is -0.0672. The van der Waals surface area contributed by atoms with Crippen molar-refractivity contribution in [2.75, 3.05) is 74.9 Å². The maximum atomic E-state index is 13.4. The molecular weight excluding hydrogens is 1940 g/mol. The summed E-state index contributed by atoms with van der Waals surface area (Å²) >= 11 is 0. The molecule has 6 unspecified atom stereocenters. The van der Waals surface area contributed by atoms with E-state index in [1.807, 2.05) is 0 Å². The van der Waals surface area contributed by atoms with E-state index in [1.165, 1.54) is 77.4 Å².